The van der Waals surface area contributed by atoms with Crippen molar-refractivity contribution < 1.29 is 19.1 Å². The zero-order valence-corrected chi connectivity index (χ0v) is 15.0. The molecule has 2 aliphatic rings. The number of benzene rings is 1. The highest BCUT2D eigenvalue weighted by molar-refractivity contribution is 5.95. The molecule has 27 heavy (non-hydrogen) atoms. The molecule has 0 spiro atoms. The summed E-state index contributed by atoms with van der Waals surface area (Å²) in [4.78, 5) is 30.5. The van der Waals surface area contributed by atoms with E-state index >= 15 is 0 Å². The Kier molecular flexibility index (Phi) is 5.05. The molecule has 0 unspecified atom stereocenters. The third-order valence-corrected chi connectivity index (χ3v) is 5.03. The average molecular weight is 366 g/mol. The Balaban J connectivity index is 1.32. The summed E-state index contributed by atoms with van der Waals surface area (Å²) in [5, 5.41) is 0. The highest BCUT2D eigenvalue weighted by atomic mass is 16.5. The van der Waals surface area contributed by atoms with E-state index in [2.05, 4.69) is 4.98 Å². The standard InChI is InChI=1S/C21H22N2O4/c24-20-11-15(13-23(20)17-5-2-1-3-6-17)14-26-21(25)16-9-10-22-19(12-16)27-18-7-4-8-18/h1-3,5-6,9-10,12,15,18H,4,7-8,11,13-14H2/t15-/m0/s1. The summed E-state index contributed by atoms with van der Waals surface area (Å²) in [6.07, 6.45) is 5.38. The zero-order chi connectivity index (χ0) is 18.6. The molecule has 140 valence electrons. The number of ether oxygens (including phenoxy) is 2. The Morgan fingerprint density at radius 2 is 2.00 bits per heavy atom. The first kappa shape index (κ1) is 17.5. The molecule has 1 saturated heterocycles. The lowest BCUT2D eigenvalue weighted by Crippen LogP contribution is -2.25. The van der Waals surface area contributed by atoms with Gasteiger partial charge in [0.2, 0.25) is 11.8 Å². The van der Waals surface area contributed by atoms with E-state index in [1.54, 1.807) is 23.2 Å². The van der Waals surface area contributed by atoms with Crippen LogP contribution in [0.2, 0.25) is 0 Å². The summed E-state index contributed by atoms with van der Waals surface area (Å²) in [7, 11) is 0. The van der Waals surface area contributed by atoms with Crippen LogP contribution in [0.15, 0.2) is 48.7 Å². The van der Waals surface area contributed by atoms with Gasteiger partial charge in [0.15, 0.2) is 0 Å². The minimum absolute atomic E-state index is 0.00538. The van der Waals surface area contributed by atoms with Crippen molar-refractivity contribution in [2.24, 2.45) is 5.92 Å². The molecular weight excluding hydrogens is 344 g/mol. The maximum Gasteiger partial charge on any atom is 0.338 e. The number of pyridine rings is 1. The first-order valence-corrected chi connectivity index (χ1v) is 9.34. The number of carbonyl (C=O) groups excluding carboxylic acids is 2. The zero-order valence-electron chi connectivity index (χ0n) is 15.0. The van der Waals surface area contributed by atoms with Crippen LogP contribution < -0.4 is 9.64 Å². The highest BCUT2D eigenvalue weighted by Gasteiger charge is 2.31. The lowest BCUT2D eigenvalue weighted by molar-refractivity contribution is -0.117. The van der Waals surface area contributed by atoms with Crippen LogP contribution in [0.5, 0.6) is 5.88 Å². The average Bonchev–Trinajstić information content (AvgIpc) is 3.04. The molecule has 2 heterocycles. The van der Waals surface area contributed by atoms with E-state index in [1.807, 2.05) is 30.3 Å². The molecule has 1 aromatic heterocycles. The van der Waals surface area contributed by atoms with Crippen LogP contribution in [-0.2, 0) is 9.53 Å². The Morgan fingerprint density at radius 1 is 1.19 bits per heavy atom. The molecule has 1 amide bonds. The number of para-hydroxylation sites is 1. The summed E-state index contributed by atoms with van der Waals surface area (Å²) in [6, 6.07) is 12.8. The molecule has 1 aliphatic carbocycles. The first-order chi connectivity index (χ1) is 13.2. The van der Waals surface area contributed by atoms with Gasteiger partial charge < -0.3 is 14.4 Å². The molecule has 0 bridgehead atoms. The predicted molar refractivity (Wildman–Crippen MR) is 99.7 cm³/mol. The summed E-state index contributed by atoms with van der Waals surface area (Å²) < 4.78 is 11.2. The molecule has 2 aromatic rings. The van der Waals surface area contributed by atoms with Gasteiger partial charge in [-0.05, 0) is 37.5 Å². The summed E-state index contributed by atoms with van der Waals surface area (Å²) in [5.41, 5.74) is 1.30. The van der Waals surface area contributed by atoms with E-state index in [9.17, 15) is 9.59 Å². The Hall–Kier alpha value is -2.89. The van der Waals surface area contributed by atoms with Gasteiger partial charge in [0.25, 0.3) is 0 Å². The van der Waals surface area contributed by atoms with Crippen molar-refractivity contribution in [1.29, 1.82) is 0 Å². The maximum absolute atomic E-state index is 12.4. The van der Waals surface area contributed by atoms with Crippen molar-refractivity contribution in [3.05, 3.63) is 54.2 Å². The fourth-order valence-corrected chi connectivity index (χ4v) is 3.29. The van der Waals surface area contributed by atoms with E-state index in [4.69, 9.17) is 9.47 Å². The normalized spacial score (nSPS) is 19.6. The number of aromatic nitrogens is 1. The second-order valence-electron chi connectivity index (χ2n) is 7.06. The summed E-state index contributed by atoms with van der Waals surface area (Å²) in [6.45, 7) is 0.775. The minimum Gasteiger partial charge on any atom is -0.474 e. The van der Waals surface area contributed by atoms with Gasteiger partial charge in [-0.3, -0.25) is 4.79 Å². The fourth-order valence-electron chi connectivity index (χ4n) is 3.29. The van der Waals surface area contributed by atoms with Gasteiger partial charge in [-0.15, -0.1) is 0 Å². The second kappa shape index (κ2) is 7.78. The number of carbonyl (C=O) groups is 2. The number of amides is 1. The van der Waals surface area contributed by atoms with Crippen molar-refractivity contribution in [1.82, 2.24) is 4.98 Å². The highest BCUT2D eigenvalue weighted by Crippen LogP contribution is 2.26. The molecule has 1 aliphatic heterocycles. The molecular formula is C21H22N2O4. The van der Waals surface area contributed by atoms with Crippen LogP contribution in [0, 0.1) is 5.92 Å². The van der Waals surface area contributed by atoms with Crippen LogP contribution >= 0.6 is 0 Å². The number of rotatable bonds is 6. The van der Waals surface area contributed by atoms with E-state index in [0.717, 1.165) is 18.5 Å². The molecule has 1 aromatic carbocycles. The van der Waals surface area contributed by atoms with Gasteiger partial charge in [0.1, 0.15) is 6.10 Å². The van der Waals surface area contributed by atoms with Crippen LogP contribution in [-0.4, -0.2) is 36.1 Å². The van der Waals surface area contributed by atoms with Crippen LogP contribution in [0.25, 0.3) is 0 Å². The van der Waals surface area contributed by atoms with Crippen molar-refractivity contribution >= 4 is 17.6 Å². The van der Waals surface area contributed by atoms with E-state index < -0.39 is 5.97 Å². The quantitative estimate of drug-likeness (QED) is 0.734. The van der Waals surface area contributed by atoms with Crippen LogP contribution in [0.4, 0.5) is 5.69 Å². The molecule has 6 nitrogen and oxygen atoms in total. The van der Waals surface area contributed by atoms with Crippen molar-refractivity contribution in [3.8, 4) is 5.88 Å². The van der Waals surface area contributed by atoms with Gasteiger partial charge >= 0.3 is 5.97 Å². The Labute approximate surface area is 158 Å². The van der Waals surface area contributed by atoms with Gasteiger partial charge in [-0.25, -0.2) is 9.78 Å². The SMILES string of the molecule is O=C(OC[C@H]1CC(=O)N(c2ccccc2)C1)c1ccnc(OC2CCC2)c1. The third-order valence-electron chi connectivity index (χ3n) is 5.03. The molecule has 2 fully saturated rings. The number of hydrogen-bond acceptors (Lipinski definition) is 5. The van der Waals surface area contributed by atoms with Crippen LogP contribution in [0.1, 0.15) is 36.0 Å². The number of hydrogen-bond donors (Lipinski definition) is 0. The van der Waals surface area contributed by atoms with Gasteiger partial charge in [0, 0.05) is 36.8 Å². The number of anilines is 1. The molecule has 0 N–H and O–H groups in total. The maximum atomic E-state index is 12.4. The van der Waals surface area contributed by atoms with Crippen molar-refractivity contribution in [3.63, 3.8) is 0 Å². The lowest BCUT2D eigenvalue weighted by Gasteiger charge is -2.25. The summed E-state index contributed by atoms with van der Waals surface area (Å²) >= 11 is 0. The van der Waals surface area contributed by atoms with E-state index in [1.165, 1.54) is 6.42 Å². The number of nitrogens with zero attached hydrogens (tertiary/aromatic N) is 2. The van der Waals surface area contributed by atoms with Gasteiger partial charge in [0.05, 0.1) is 12.2 Å². The predicted octanol–water partition coefficient (Wildman–Crippen LogP) is 3.22. The van der Waals surface area contributed by atoms with Gasteiger partial charge in [-0.1, -0.05) is 18.2 Å². The molecule has 1 atom stereocenters. The molecule has 1 saturated carbocycles. The van der Waals surface area contributed by atoms with E-state index in [0.29, 0.717) is 24.4 Å². The monoisotopic (exact) mass is 366 g/mol. The van der Waals surface area contributed by atoms with Gasteiger partial charge in [-0.2, -0.15) is 0 Å². The largest absolute Gasteiger partial charge is 0.474 e. The van der Waals surface area contributed by atoms with Crippen molar-refractivity contribution in [2.45, 2.75) is 31.8 Å². The Bertz CT molecular complexity index is 820. The molecule has 4 rings (SSSR count). The third kappa shape index (κ3) is 4.10. The number of esters is 1. The smallest absolute Gasteiger partial charge is 0.338 e. The molecule has 6 heteroatoms. The minimum atomic E-state index is -0.415. The second-order valence-corrected chi connectivity index (χ2v) is 7.06. The fraction of sp³-hybridized carbons (Fsp3) is 0.381. The van der Waals surface area contributed by atoms with E-state index in [-0.39, 0.29) is 24.5 Å². The summed E-state index contributed by atoms with van der Waals surface area (Å²) in [5.74, 6) is 0.0958. The lowest BCUT2D eigenvalue weighted by atomic mass is 9.96. The first-order valence-electron chi connectivity index (χ1n) is 9.34. The molecule has 0 radical (unpaired) electrons. The van der Waals surface area contributed by atoms with Crippen LogP contribution in [0.3, 0.4) is 0 Å². The van der Waals surface area contributed by atoms with Crippen molar-refractivity contribution in [2.75, 3.05) is 18.1 Å². The topological polar surface area (TPSA) is 68.7 Å². The Morgan fingerprint density at radius 3 is 2.74 bits per heavy atom.